The normalized spacial score (nSPS) is 18.3. The first kappa shape index (κ1) is 12.3. The highest BCUT2D eigenvalue weighted by Gasteiger charge is 2.35. The molecule has 1 aliphatic rings. The van der Waals surface area contributed by atoms with Crippen molar-refractivity contribution in [1.29, 1.82) is 0 Å². The molecule has 1 aromatic carbocycles. The molecule has 0 spiro atoms. The molecule has 0 aliphatic heterocycles. The van der Waals surface area contributed by atoms with E-state index in [1.54, 1.807) is 0 Å². The van der Waals surface area contributed by atoms with Crippen LogP contribution in [0.5, 0.6) is 0 Å². The number of aryl methyl sites for hydroxylation is 2. The number of rotatable bonds is 3. The molecule has 0 saturated heterocycles. The van der Waals surface area contributed by atoms with Crippen LogP contribution in [0.4, 0.5) is 0 Å². The van der Waals surface area contributed by atoms with Gasteiger partial charge in [-0.15, -0.1) is 0 Å². The zero-order chi connectivity index (χ0) is 12.5. The molecule has 0 amide bonds. The lowest BCUT2D eigenvalue weighted by atomic mass is 9.81. The number of carbonyl (C=O) groups excluding carboxylic acids is 1. The highest BCUT2D eigenvalue weighted by molar-refractivity contribution is 5.86. The molecule has 1 nitrogen and oxygen atoms in total. The van der Waals surface area contributed by atoms with Crippen molar-refractivity contribution in [3.63, 3.8) is 0 Å². The van der Waals surface area contributed by atoms with E-state index in [-0.39, 0.29) is 5.41 Å². The first-order valence-electron chi connectivity index (χ1n) is 6.60. The SMILES string of the molecule is Cc1cc(C)cc(CC(=O)C2(C)CCCC2)c1. The molecule has 0 radical (unpaired) electrons. The van der Waals surface area contributed by atoms with Gasteiger partial charge in [0.1, 0.15) is 5.78 Å². The van der Waals surface area contributed by atoms with Crippen molar-refractivity contribution in [3.8, 4) is 0 Å². The number of carbonyl (C=O) groups is 1. The molecule has 1 saturated carbocycles. The van der Waals surface area contributed by atoms with Crippen LogP contribution in [0.2, 0.25) is 0 Å². The molecule has 0 heterocycles. The summed E-state index contributed by atoms with van der Waals surface area (Å²) in [6.45, 7) is 6.33. The largest absolute Gasteiger partial charge is 0.299 e. The summed E-state index contributed by atoms with van der Waals surface area (Å²) in [4.78, 5) is 12.4. The summed E-state index contributed by atoms with van der Waals surface area (Å²) < 4.78 is 0. The summed E-state index contributed by atoms with van der Waals surface area (Å²) in [6.07, 6.45) is 5.20. The quantitative estimate of drug-likeness (QED) is 0.767. The van der Waals surface area contributed by atoms with Crippen LogP contribution in [0, 0.1) is 19.3 Å². The fraction of sp³-hybridized carbons (Fsp3) is 0.562. The van der Waals surface area contributed by atoms with Crippen molar-refractivity contribution in [3.05, 3.63) is 34.9 Å². The van der Waals surface area contributed by atoms with Crippen LogP contribution in [0.15, 0.2) is 18.2 Å². The molecule has 92 valence electrons. The van der Waals surface area contributed by atoms with E-state index in [2.05, 4.69) is 39.0 Å². The molecule has 1 aliphatic carbocycles. The van der Waals surface area contributed by atoms with Crippen molar-refractivity contribution in [2.45, 2.75) is 52.9 Å². The minimum absolute atomic E-state index is 0.0440. The summed E-state index contributed by atoms with van der Waals surface area (Å²) in [7, 11) is 0. The van der Waals surface area contributed by atoms with Gasteiger partial charge in [-0.05, 0) is 32.3 Å². The van der Waals surface area contributed by atoms with Crippen LogP contribution in [0.25, 0.3) is 0 Å². The Morgan fingerprint density at radius 3 is 2.18 bits per heavy atom. The molecule has 0 unspecified atom stereocenters. The first-order chi connectivity index (χ1) is 7.99. The lowest BCUT2D eigenvalue weighted by Crippen LogP contribution is -2.26. The highest BCUT2D eigenvalue weighted by Crippen LogP contribution is 2.39. The molecule has 1 heteroatoms. The maximum atomic E-state index is 12.4. The van der Waals surface area contributed by atoms with E-state index >= 15 is 0 Å². The van der Waals surface area contributed by atoms with E-state index in [1.165, 1.54) is 29.5 Å². The summed E-state index contributed by atoms with van der Waals surface area (Å²) >= 11 is 0. The predicted molar refractivity (Wildman–Crippen MR) is 71.2 cm³/mol. The first-order valence-corrected chi connectivity index (χ1v) is 6.60. The summed E-state index contributed by atoms with van der Waals surface area (Å²) in [6, 6.07) is 6.44. The summed E-state index contributed by atoms with van der Waals surface area (Å²) in [5, 5.41) is 0. The molecule has 0 atom stereocenters. The van der Waals surface area contributed by atoms with Crippen molar-refractivity contribution >= 4 is 5.78 Å². The number of ketones is 1. The van der Waals surface area contributed by atoms with Gasteiger partial charge in [-0.2, -0.15) is 0 Å². The molecule has 2 rings (SSSR count). The van der Waals surface area contributed by atoms with Crippen molar-refractivity contribution in [1.82, 2.24) is 0 Å². The average molecular weight is 230 g/mol. The van der Waals surface area contributed by atoms with Gasteiger partial charge < -0.3 is 0 Å². The zero-order valence-electron chi connectivity index (χ0n) is 11.2. The molecular weight excluding hydrogens is 208 g/mol. The van der Waals surface area contributed by atoms with Crippen LogP contribution in [-0.4, -0.2) is 5.78 Å². The predicted octanol–water partition coefficient (Wildman–Crippen LogP) is 4.00. The fourth-order valence-electron chi connectivity index (χ4n) is 3.00. The van der Waals surface area contributed by atoms with Crippen LogP contribution >= 0.6 is 0 Å². The van der Waals surface area contributed by atoms with E-state index < -0.39 is 0 Å². The van der Waals surface area contributed by atoms with Gasteiger partial charge in [0.2, 0.25) is 0 Å². The molecule has 0 aromatic heterocycles. The average Bonchev–Trinajstić information content (AvgIpc) is 2.64. The van der Waals surface area contributed by atoms with E-state index in [0.29, 0.717) is 12.2 Å². The van der Waals surface area contributed by atoms with Gasteiger partial charge in [-0.3, -0.25) is 4.79 Å². The third-order valence-corrected chi connectivity index (χ3v) is 4.03. The molecule has 1 fully saturated rings. The minimum Gasteiger partial charge on any atom is -0.299 e. The van der Waals surface area contributed by atoms with Crippen LogP contribution < -0.4 is 0 Å². The lowest BCUT2D eigenvalue weighted by Gasteiger charge is -2.21. The number of hydrogen-bond donors (Lipinski definition) is 0. The Labute approximate surface area is 104 Å². The molecule has 0 N–H and O–H groups in total. The smallest absolute Gasteiger partial charge is 0.143 e. The second kappa shape index (κ2) is 4.64. The molecule has 1 aromatic rings. The monoisotopic (exact) mass is 230 g/mol. The van der Waals surface area contributed by atoms with Crippen molar-refractivity contribution in [2.75, 3.05) is 0 Å². The lowest BCUT2D eigenvalue weighted by molar-refractivity contribution is -0.126. The Balaban J connectivity index is 2.12. The summed E-state index contributed by atoms with van der Waals surface area (Å²) in [5.74, 6) is 0.431. The Morgan fingerprint density at radius 1 is 1.12 bits per heavy atom. The molecule has 17 heavy (non-hydrogen) atoms. The fourth-order valence-corrected chi connectivity index (χ4v) is 3.00. The van der Waals surface area contributed by atoms with E-state index in [9.17, 15) is 4.79 Å². The zero-order valence-corrected chi connectivity index (χ0v) is 11.2. The van der Waals surface area contributed by atoms with Gasteiger partial charge in [0.25, 0.3) is 0 Å². The number of Topliss-reactive ketones (excluding diaryl/α,β-unsaturated/α-hetero) is 1. The van der Waals surface area contributed by atoms with E-state index in [4.69, 9.17) is 0 Å². The maximum absolute atomic E-state index is 12.4. The molecular formula is C16H22O. The van der Waals surface area contributed by atoms with Crippen molar-refractivity contribution < 1.29 is 4.79 Å². The third kappa shape index (κ3) is 2.77. The Bertz CT molecular complexity index is 405. The van der Waals surface area contributed by atoms with Gasteiger partial charge in [0.15, 0.2) is 0 Å². The standard InChI is InChI=1S/C16H22O/c1-12-8-13(2)10-14(9-12)11-15(17)16(3)6-4-5-7-16/h8-10H,4-7,11H2,1-3H3. The van der Waals surface area contributed by atoms with Gasteiger partial charge in [0, 0.05) is 11.8 Å². The Hall–Kier alpha value is -1.11. The Morgan fingerprint density at radius 2 is 1.65 bits per heavy atom. The minimum atomic E-state index is -0.0440. The Kier molecular flexibility index (Phi) is 3.37. The number of benzene rings is 1. The van der Waals surface area contributed by atoms with Gasteiger partial charge in [0.05, 0.1) is 0 Å². The van der Waals surface area contributed by atoms with Crippen molar-refractivity contribution in [2.24, 2.45) is 5.41 Å². The van der Waals surface area contributed by atoms with Crippen LogP contribution in [0.3, 0.4) is 0 Å². The van der Waals surface area contributed by atoms with E-state index in [0.717, 1.165) is 12.8 Å². The maximum Gasteiger partial charge on any atom is 0.143 e. The second-order valence-electron chi connectivity index (χ2n) is 5.86. The molecule has 0 bridgehead atoms. The van der Waals surface area contributed by atoms with Crippen LogP contribution in [0.1, 0.15) is 49.3 Å². The van der Waals surface area contributed by atoms with Gasteiger partial charge in [-0.25, -0.2) is 0 Å². The van der Waals surface area contributed by atoms with Gasteiger partial charge in [-0.1, -0.05) is 49.1 Å². The topological polar surface area (TPSA) is 17.1 Å². The number of hydrogen-bond acceptors (Lipinski definition) is 1. The van der Waals surface area contributed by atoms with E-state index in [1.807, 2.05) is 0 Å². The summed E-state index contributed by atoms with van der Waals surface area (Å²) in [5.41, 5.74) is 3.65. The van der Waals surface area contributed by atoms with Gasteiger partial charge >= 0.3 is 0 Å². The second-order valence-corrected chi connectivity index (χ2v) is 5.86. The van der Waals surface area contributed by atoms with Crippen LogP contribution in [-0.2, 0) is 11.2 Å². The third-order valence-electron chi connectivity index (χ3n) is 4.03. The highest BCUT2D eigenvalue weighted by atomic mass is 16.1.